The number of esters is 1. The molecule has 10 heteroatoms. The van der Waals surface area contributed by atoms with Crippen molar-refractivity contribution in [1.29, 1.82) is 0 Å². The molecule has 0 bridgehead atoms. The predicted octanol–water partition coefficient (Wildman–Crippen LogP) is 3.15. The Morgan fingerprint density at radius 1 is 0.967 bits per heavy atom. The monoisotopic (exact) mass is 437 g/mol. The van der Waals surface area contributed by atoms with Crippen molar-refractivity contribution in [2.75, 3.05) is 38.1 Å². The average Bonchev–Trinajstić information content (AvgIpc) is 2.75. The summed E-state index contributed by atoms with van der Waals surface area (Å²) in [5, 5.41) is 2.46. The summed E-state index contributed by atoms with van der Waals surface area (Å²) in [6, 6.07) is 10.0. The second-order valence-electron chi connectivity index (χ2n) is 6.49. The molecule has 1 saturated heterocycles. The number of hydrogen-bond donors (Lipinski definition) is 1. The minimum atomic E-state index is -1.25. The maximum atomic E-state index is 13.3. The molecule has 7 nitrogen and oxygen atoms in total. The molecule has 1 aliphatic rings. The van der Waals surface area contributed by atoms with Crippen molar-refractivity contribution >= 4 is 35.2 Å². The van der Waals surface area contributed by atoms with Gasteiger partial charge in [0.25, 0.3) is 5.91 Å². The molecule has 1 fully saturated rings. The van der Waals surface area contributed by atoms with Crippen LogP contribution in [0.4, 0.5) is 19.3 Å². The molecule has 3 rings (SSSR count). The number of benzene rings is 2. The second kappa shape index (κ2) is 9.53. The topological polar surface area (TPSA) is 79.0 Å². The number of nitrogens with zero attached hydrogens (tertiary/aromatic N) is 2. The highest BCUT2D eigenvalue weighted by molar-refractivity contribution is 6.33. The zero-order valence-electron chi connectivity index (χ0n) is 15.7. The van der Waals surface area contributed by atoms with Gasteiger partial charge in [-0.25, -0.2) is 18.4 Å². The van der Waals surface area contributed by atoms with Gasteiger partial charge in [0.2, 0.25) is 0 Å². The average molecular weight is 438 g/mol. The molecule has 0 saturated carbocycles. The SMILES string of the molecule is O=C(OCC(=O)N1CCN(C(=O)Nc2ccccc2)CC1)c1cc(F)c(F)cc1Cl. The van der Waals surface area contributed by atoms with Crippen LogP contribution in [-0.2, 0) is 9.53 Å². The maximum Gasteiger partial charge on any atom is 0.340 e. The van der Waals surface area contributed by atoms with Gasteiger partial charge < -0.3 is 19.9 Å². The summed E-state index contributed by atoms with van der Waals surface area (Å²) < 4.78 is 31.3. The van der Waals surface area contributed by atoms with Gasteiger partial charge in [-0.1, -0.05) is 29.8 Å². The van der Waals surface area contributed by atoms with Crippen LogP contribution in [0.2, 0.25) is 5.02 Å². The number of piperazine rings is 1. The molecular formula is C20H18ClF2N3O4. The van der Waals surface area contributed by atoms with Crippen LogP contribution in [0, 0.1) is 11.6 Å². The lowest BCUT2D eigenvalue weighted by molar-refractivity contribution is -0.135. The highest BCUT2D eigenvalue weighted by Gasteiger charge is 2.25. The molecule has 0 aromatic heterocycles. The Morgan fingerprint density at radius 3 is 2.23 bits per heavy atom. The molecule has 2 aromatic rings. The van der Waals surface area contributed by atoms with Gasteiger partial charge in [-0.3, -0.25) is 4.79 Å². The highest BCUT2D eigenvalue weighted by Crippen LogP contribution is 2.21. The minimum Gasteiger partial charge on any atom is -0.452 e. The Morgan fingerprint density at radius 2 is 1.57 bits per heavy atom. The van der Waals surface area contributed by atoms with Gasteiger partial charge in [0.05, 0.1) is 10.6 Å². The fourth-order valence-electron chi connectivity index (χ4n) is 2.86. The van der Waals surface area contributed by atoms with E-state index in [1.807, 2.05) is 6.07 Å². The third-order valence-corrected chi connectivity index (χ3v) is 4.81. The van der Waals surface area contributed by atoms with Gasteiger partial charge >= 0.3 is 12.0 Å². The van der Waals surface area contributed by atoms with Gasteiger partial charge in [-0.05, 0) is 24.3 Å². The first-order valence-corrected chi connectivity index (χ1v) is 9.43. The predicted molar refractivity (Wildman–Crippen MR) is 105 cm³/mol. The fraction of sp³-hybridized carbons (Fsp3) is 0.250. The molecule has 158 valence electrons. The number of anilines is 1. The molecule has 1 N–H and O–H groups in total. The number of amides is 3. The summed E-state index contributed by atoms with van der Waals surface area (Å²) in [5.41, 5.74) is 0.301. The molecular weight excluding hydrogens is 420 g/mol. The van der Waals surface area contributed by atoms with E-state index in [0.717, 1.165) is 0 Å². The highest BCUT2D eigenvalue weighted by atomic mass is 35.5. The lowest BCUT2D eigenvalue weighted by Crippen LogP contribution is -2.52. The number of urea groups is 1. The standard InChI is InChI=1S/C20H18ClF2N3O4/c21-15-11-17(23)16(22)10-14(15)19(28)30-12-18(27)25-6-8-26(9-7-25)20(29)24-13-4-2-1-3-5-13/h1-5,10-11H,6-9,12H2,(H,24,29). The van der Waals surface area contributed by atoms with Gasteiger partial charge in [0.15, 0.2) is 18.2 Å². The van der Waals surface area contributed by atoms with Crippen LogP contribution in [0.25, 0.3) is 0 Å². The first-order valence-electron chi connectivity index (χ1n) is 9.05. The van der Waals surface area contributed by atoms with Crippen molar-refractivity contribution in [2.24, 2.45) is 0 Å². The van der Waals surface area contributed by atoms with Crippen molar-refractivity contribution in [1.82, 2.24) is 9.80 Å². The zero-order valence-corrected chi connectivity index (χ0v) is 16.5. The second-order valence-corrected chi connectivity index (χ2v) is 6.89. The van der Waals surface area contributed by atoms with Crippen molar-refractivity contribution < 1.29 is 27.9 Å². The summed E-state index contributed by atoms with van der Waals surface area (Å²) in [7, 11) is 0. The molecule has 0 aliphatic carbocycles. The lowest BCUT2D eigenvalue weighted by Gasteiger charge is -2.34. The summed E-state index contributed by atoms with van der Waals surface area (Å²) in [6.45, 7) is 0.583. The first kappa shape index (κ1) is 21.5. The quantitative estimate of drug-likeness (QED) is 0.588. The third-order valence-electron chi connectivity index (χ3n) is 4.50. The van der Waals surface area contributed by atoms with Crippen LogP contribution >= 0.6 is 11.6 Å². The number of halogens is 3. The minimum absolute atomic E-state index is 0.268. The molecule has 2 aromatic carbocycles. The fourth-order valence-corrected chi connectivity index (χ4v) is 3.09. The van der Waals surface area contributed by atoms with E-state index in [0.29, 0.717) is 30.9 Å². The molecule has 0 radical (unpaired) electrons. The summed E-state index contributed by atoms with van der Waals surface area (Å²) in [4.78, 5) is 39.6. The Hall–Kier alpha value is -3.20. The molecule has 0 spiro atoms. The normalized spacial score (nSPS) is 13.7. The van der Waals surface area contributed by atoms with Crippen LogP contribution in [0.3, 0.4) is 0 Å². The van der Waals surface area contributed by atoms with E-state index < -0.39 is 30.1 Å². The van der Waals surface area contributed by atoms with E-state index in [4.69, 9.17) is 16.3 Å². The van der Waals surface area contributed by atoms with E-state index in [1.54, 1.807) is 29.2 Å². The van der Waals surface area contributed by atoms with E-state index in [2.05, 4.69) is 5.32 Å². The molecule has 0 unspecified atom stereocenters. The maximum absolute atomic E-state index is 13.3. The number of carbonyl (C=O) groups is 3. The number of ether oxygens (including phenoxy) is 1. The van der Waals surface area contributed by atoms with Gasteiger partial charge in [0.1, 0.15) is 0 Å². The van der Waals surface area contributed by atoms with Crippen LogP contribution in [0.15, 0.2) is 42.5 Å². The molecule has 1 aliphatic heterocycles. The van der Waals surface area contributed by atoms with E-state index in [-0.39, 0.29) is 29.7 Å². The first-order chi connectivity index (χ1) is 14.3. The van der Waals surface area contributed by atoms with Crippen molar-refractivity contribution in [2.45, 2.75) is 0 Å². The smallest absolute Gasteiger partial charge is 0.340 e. The lowest BCUT2D eigenvalue weighted by atomic mass is 10.2. The molecule has 0 atom stereocenters. The number of nitrogens with one attached hydrogen (secondary N) is 1. The number of hydrogen-bond acceptors (Lipinski definition) is 4. The van der Waals surface area contributed by atoms with Crippen LogP contribution in [-0.4, -0.2) is 60.5 Å². The largest absolute Gasteiger partial charge is 0.452 e. The van der Waals surface area contributed by atoms with Crippen molar-refractivity contribution in [3.8, 4) is 0 Å². The van der Waals surface area contributed by atoms with Crippen molar-refractivity contribution in [3.05, 3.63) is 64.7 Å². The van der Waals surface area contributed by atoms with Crippen LogP contribution in [0.5, 0.6) is 0 Å². The Balaban J connectivity index is 1.47. The third kappa shape index (κ3) is 5.24. The summed E-state index contributed by atoms with van der Waals surface area (Å²) in [5.74, 6) is -3.94. The van der Waals surface area contributed by atoms with E-state index in [1.165, 1.54) is 4.90 Å². The molecule has 3 amide bonds. The number of para-hydroxylation sites is 1. The number of rotatable bonds is 4. The zero-order chi connectivity index (χ0) is 21.7. The Labute approximate surface area is 176 Å². The summed E-state index contributed by atoms with van der Waals surface area (Å²) >= 11 is 5.72. The summed E-state index contributed by atoms with van der Waals surface area (Å²) in [6.07, 6.45) is 0. The van der Waals surface area contributed by atoms with Crippen LogP contribution in [0.1, 0.15) is 10.4 Å². The Bertz CT molecular complexity index is 951. The van der Waals surface area contributed by atoms with E-state index in [9.17, 15) is 23.2 Å². The number of carbonyl (C=O) groups excluding carboxylic acids is 3. The van der Waals surface area contributed by atoms with Gasteiger partial charge in [-0.15, -0.1) is 0 Å². The molecule has 1 heterocycles. The molecule has 30 heavy (non-hydrogen) atoms. The van der Waals surface area contributed by atoms with Gasteiger partial charge in [-0.2, -0.15) is 0 Å². The van der Waals surface area contributed by atoms with Crippen molar-refractivity contribution in [3.63, 3.8) is 0 Å². The Kier molecular flexibility index (Phi) is 6.83. The van der Waals surface area contributed by atoms with Crippen LogP contribution < -0.4 is 5.32 Å². The van der Waals surface area contributed by atoms with Gasteiger partial charge in [0, 0.05) is 31.9 Å². The van der Waals surface area contributed by atoms with E-state index >= 15 is 0 Å².